The van der Waals surface area contributed by atoms with Gasteiger partial charge in [-0.2, -0.15) is 0 Å². The fraction of sp³-hybridized carbons (Fsp3) is 0.273. The van der Waals surface area contributed by atoms with Gasteiger partial charge in [0.25, 0.3) is 0 Å². The normalized spacial score (nSPS) is 13.9. The summed E-state index contributed by atoms with van der Waals surface area (Å²) in [6.07, 6.45) is 0. The molecule has 0 saturated heterocycles. The molecule has 7 heteroatoms. The van der Waals surface area contributed by atoms with E-state index in [1.54, 1.807) is 18.2 Å². The summed E-state index contributed by atoms with van der Waals surface area (Å²) in [5.74, 6) is 0.603. The number of carbonyl (C=O) groups excluding carboxylic acids is 2. The predicted octanol–water partition coefficient (Wildman–Crippen LogP) is 1.69. The molecule has 18 heavy (non-hydrogen) atoms. The Bertz CT molecular complexity index is 490. The van der Waals surface area contributed by atoms with E-state index in [4.69, 9.17) is 21.1 Å². The van der Waals surface area contributed by atoms with Crippen LogP contribution in [-0.2, 0) is 4.79 Å². The second kappa shape index (κ2) is 5.14. The van der Waals surface area contributed by atoms with Crippen LogP contribution in [0.25, 0.3) is 0 Å². The third-order valence-corrected chi connectivity index (χ3v) is 2.43. The van der Waals surface area contributed by atoms with Crippen molar-refractivity contribution in [2.45, 2.75) is 12.3 Å². The predicted molar refractivity (Wildman–Crippen MR) is 65.0 cm³/mol. The molecule has 0 radical (unpaired) electrons. The molecule has 0 spiro atoms. The van der Waals surface area contributed by atoms with Crippen molar-refractivity contribution in [3.63, 3.8) is 0 Å². The Hall–Kier alpha value is -1.95. The van der Waals surface area contributed by atoms with Crippen molar-refractivity contribution in [2.24, 2.45) is 0 Å². The number of nitrogens with one attached hydrogen (secondary N) is 2. The quantitative estimate of drug-likeness (QED) is 0.802. The minimum atomic E-state index is -0.771. The van der Waals surface area contributed by atoms with Crippen LogP contribution in [0.5, 0.6) is 11.5 Å². The highest BCUT2D eigenvalue weighted by atomic mass is 35.5. The number of anilines is 1. The van der Waals surface area contributed by atoms with E-state index in [0.717, 1.165) is 0 Å². The van der Waals surface area contributed by atoms with Gasteiger partial charge in [-0.1, -0.05) is 0 Å². The summed E-state index contributed by atoms with van der Waals surface area (Å²) in [4.78, 5) is 22.6. The van der Waals surface area contributed by atoms with Gasteiger partial charge in [-0.25, -0.2) is 4.79 Å². The first-order chi connectivity index (χ1) is 8.56. The summed E-state index contributed by atoms with van der Waals surface area (Å²) in [5, 5.41) is 3.82. The lowest BCUT2D eigenvalue weighted by molar-refractivity contribution is -0.119. The molecule has 1 heterocycles. The third kappa shape index (κ3) is 2.84. The van der Waals surface area contributed by atoms with Gasteiger partial charge in [0.1, 0.15) is 5.38 Å². The molecule has 2 N–H and O–H groups in total. The van der Waals surface area contributed by atoms with Crippen molar-refractivity contribution in [3.05, 3.63) is 18.2 Å². The smallest absolute Gasteiger partial charge is 0.325 e. The van der Waals surface area contributed by atoms with E-state index in [-0.39, 0.29) is 6.79 Å². The van der Waals surface area contributed by atoms with Crippen LogP contribution in [0.1, 0.15) is 6.92 Å². The summed E-state index contributed by atoms with van der Waals surface area (Å²) in [6, 6.07) is 4.27. The van der Waals surface area contributed by atoms with E-state index in [0.29, 0.717) is 17.2 Å². The maximum atomic E-state index is 11.5. The molecule has 1 aliphatic rings. The summed E-state index contributed by atoms with van der Waals surface area (Å²) >= 11 is 5.52. The topological polar surface area (TPSA) is 76.7 Å². The number of fused-ring (bicyclic) bond motifs is 1. The molecule has 1 aromatic carbocycles. The van der Waals surface area contributed by atoms with Gasteiger partial charge >= 0.3 is 6.03 Å². The van der Waals surface area contributed by atoms with Crippen LogP contribution in [0.2, 0.25) is 0 Å². The van der Waals surface area contributed by atoms with Gasteiger partial charge in [-0.15, -0.1) is 11.6 Å². The number of hydrogen-bond donors (Lipinski definition) is 2. The minimum Gasteiger partial charge on any atom is -0.454 e. The zero-order chi connectivity index (χ0) is 13.1. The standard InChI is InChI=1S/C11H11ClN2O4/c1-6(12)10(15)14-11(16)13-7-2-3-8-9(4-7)18-5-17-8/h2-4,6H,5H2,1H3,(H2,13,14,15,16). The molecule has 1 aliphatic heterocycles. The molecule has 96 valence electrons. The summed E-state index contributed by atoms with van der Waals surface area (Å²) in [7, 11) is 0. The Kier molecular flexibility index (Phi) is 3.57. The van der Waals surface area contributed by atoms with Gasteiger partial charge < -0.3 is 14.8 Å². The number of rotatable bonds is 2. The van der Waals surface area contributed by atoms with Gasteiger partial charge in [0.15, 0.2) is 11.5 Å². The van der Waals surface area contributed by atoms with Crippen LogP contribution in [0, 0.1) is 0 Å². The maximum absolute atomic E-state index is 11.5. The van der Waals surface area contributed by atoms with Crippen molar-refractivity contribution in [1.29, 1.82) is 0 Å². The average molecular weight is 271 g/mol. The second-order valence-electron chi connectivity index (χ2n) is 3.63. The lowest BCUT2D eigenvalue weighted by atomic mass is 10.3. The molecule has 0 aliphatic carbocycles. The number of hydrogen-bond acceptors (Lipinski definition) is 4. The molecule has 1 aromatic rings. The van der Waals surface area contributed by atoms with Crippen molar-refractivity contribution in [3.8, 4) is 11.5 Å². The number of alkyl halides is 1. The summed E-state index contributed by atoms with van der Waals surface area (Å²) in [5.41, 5.74) is 0.492. The van der Waals surface area contributed by atoms with Crippen LogP contribution < -0.4 is 20.1 Å². The van der Waals surface area contributed by atoms with Gasteiger partial charge in [-0.3, -0.25) is 10.1 Å². The number of benzene rings is 1. The number of carbonyl (C=O) groups is 2. The third-order valence-electron chi connectivity index (χ3n) is 2.23. The first kappa shape index (κ1) is 12.5. The summed E-state index contributed by atoms with van der Waals surface area (Å²) in [6.45, 7) is 1.64. The van der Waals surface area contributed by atoms with Crippen LogP contribution in [-0.4, -0.2) is 24.1 Å². The molecule has 0 aromatic heterocycles. The van der Waals surface area contributed by atoms with Crippen molar-refractivity contribution in [1.82, 2.24) is 5.32 Å². The van der Waals surface area contributed by atoms with Crippen molar-refractivity contribution in [2.75, 3.05) is 12.1 Å². The van der Waals surface area contributed by atoms with E-state index in [2.05, 4.69) is 10.6 Å². The van der Waals surface area contributed by atoms with Crippen LogP contribution in [0.3, 0.4) is 0 Å². The molecule has 1 unspecified atom stereocenters. The van der Waals surface area contributed by atoms with Crippen LogP contribution >= 0.6 is 11.6 Å². The Morgan fingerprint density at radius 1 is 1.33 bits per heavy atom. The van der Waals surface area contributed by atoms with Crippen molar-refractivity contribution < 1.29 is 19.1 Å². The number of imide groups is 1. The lowest BCUT2D eigenvalue weighted by Gasteiger charge is -2.08. The molecule has 0 fully saturated rings. The Morgan fingerprint density at radius 2 is 2.06 bits per heavy atom. The minimum absolute atomic E-state index is 0.160. The molecule has 6 nitrogen and oxygen atoms in total. The van der Waals surface area contributed by atoms with Crippen LogP contribution in [0.15, 0.2) is 18.2 Å². The Balaban J connectivity index is 1.97. The molecule has 2 rings (SSSR count). The van der Waals surface area contributed by atoms with E-state index < -0.39 is 17.3 Å². The highest BCUT2D eigenvalue weighted by Gasteiger charge is 2.16. The van der Waals surface area contributed by atoms with Gasteiger partial charge in [0.2, 0.25) is 12.7 Å². The van der Waals surface area contributed by atoms with E-state index >= 15 is 0 Å². The van der Waals surface area contributed by atoms with Gasteiger partial charge in [0.05, 0.1) is 0 Å². The van der Waals surface area contributed by atoms with Gasteiger partial charge in [-0.05, 0) is 19.1 Å². The Morgan fingerprint density at radius 3 is 2.78 bits per heavy atom. The highest BCUT2D eigenvalue weighted by Crippen LogP contribution is 2.34. The van der Waals surface area contributed by atoms with E-state index in [1.165, 1.54) is 6.92 Å². The fourth-order valence-electron chi connectivity index (χ4n) is 1.35. The molecule has 3 amide bonds. The first-order valence-corrected chi connectivity index (χ1v) is 5.65. The second-order valence-corrected chi connectivity index (χ2v) is 4.28. The number of urea groups is 1. The van der Waals surface area contributed by atoms with Gasteiger partial charge in [0, 0.05) is 11.8 Å². The number of halogens is 1. The Labute approximate surface area is 108 Å². The van der Waals surface area contributed by atoms with Crippen LogP contribution in [0.4, 0.5) is 10.5 Å². The van der Waals surface area contributed by atoms with Crippen molar-refractivity contribution >= 4 is 29.2 Å². The SMILES string of the molecule is CC(Cl)C(=O)NC(=O)Nc1ccc2c(c1)OCO2. The number of ether oxygens (including phenoxy) is 2. The lowest BCUT2D eigenvalue weighted by Crippen LogP contribution is -2.38. The molecule has 0 bridgehead atoms. The maximum Gasteiger partial charge on any atom is 0.325 e. The zero-order valence-corrected chi connectivity index (χ0v) is 10.3. The largest absolute Gasteiger partial charge is 0.454 e. The highest BCUT2D eigenvalue weighted by molar-refractivity contribution is 6.31. The van der Waals surface area contributed by atoms with E-state index in [9.17, 15) is 9.59 Å². The summed E-state index contributed by atoms with van der Waals surface area (Å²) < 4.78 is 10.3. The molecule has 0 saturated carbocycles. The monoisotopic (exact) mass is 270 g/mol. The zero-order valence-electron chi connectivity index (χ0n) is 9.53. The average Bonchev–Trinajstić information content (AvgIpc) is 2.75. The molecular formula is C11H11ClN2O4. The first-order valence-electron chi connectivity index (χ1n) is 5.22. The molecule has 1 atom stereocenters. The number of amides is 3. The van der Waals surface area contributed by atoms with E-state index in [1.807, 2.05) is 0 Å². The fourth-order valence-corrected chi connectivity index (χ4v) is 1.40. The molecular weight excluding hydrogens is 260 g/mol.